The summed E-state index contributed by atoms with van der Waals surface area (Å²) < 4.78 is 2.61. The van der Waals surface area contributed by atoms with E-state index in [4.69, 9.17) is 0 Å². The molecule has 1 heterocycles. The fourth-order valence-electron chi connectivity index (χ4n) is 2.64. The van der Waals surface area contributed by atoms with Crippen molar-refractivity contribution in [2.45, 2.75) is 18.1 Å². The molecule has 0 saturated carbocycles. The van der Waals surface area contributed by atoms with Crippen LogP contribution in [0.15, 0.2) is 64.2 Å². The number of aromatic nitrogens is 3. The number of thioether (sulfide) groups is 1. The van der Waals surface area contributed by atoms with Crippen LogP contribution in [0.3, 0.4) is 0 Å². The Labute approximate surface area is 181 Å². The third kappa shape index (κ3) is 5.45. The lowest BCUT2D eigenvalue weighted by molar-refractivity contribution is -0.113. The van der Waals surface area contributed by atoms with Gasteiger partial charge in [-0.3, -0.25) is 9.59 Å². The van der Waals surface area contributed by atoms with E-state index in [9.17, 15) is 9.59 Å². The minimum Gasteiger partial charge on any atom is -0.342 e. The molecule has 7 nitrogen and oxygen atoms in total. The van der Waals surface area contributed by atoms with Crippen molar-refractivity contribution in [1.29, 1.82) is 0 Å². The average molecular weight is 474 g/mol. The first-order chi connectivity index (χ1) is 14.0. The molecule has 0 aliphatic carbocycles. The Morgan fingerprint density at radius 2 is 1.79 bits per heavy atom. The van der Waals surface area contributed by atoms with Crippen molar-refractivity contribution in [3.8, 4) is 0 Å². The molecule has 0 radical (unpaired) electrons. The molecule has 0 bridgehead atoms. The molecular formula is C20H20BrN5O2S. The number of benzene rings is 2. The predicted octanol–water partition coefficient (Wildman–Crippen LogP) is 3.80. The zero-order valence-electron chi connectivity index (χ0n) is 15.9. The van der Waals surface area contributed by atoms with E-state index in [0.29, 0.717) is 22.2 Å². The fraction of sp³-hybridized carbons (Fsp3) is 0.200. The van der Waals surface area contributed by atoms with Gasteiger partial charge in [0.15, 0.2) is 11.0 Å². The van der Waals surface area contributed by atoms with Gasteiger partial charge < -0.3 is 15.2 Å². The van der Waals surface area contributed by atoms with E-state index in [0.717, 1.165) is 4.47 Å². The minimum atomic E-state index is -0.330. The monoisotopic (exact) mass is 473 g/mol. The first kappa shape index (κ1) is 21.1. The van der Waals surface area contributed by atoms with Gasteiger partial charge in [-0.25, -0.2) is 0 Å². The summed E-state index contributed by atoms with van der Waals surface area (Å²) in [6.07, 6.45) is 0. The van der Waals surface area contributed by atoms with Gasteiger partial charge in [0, 0.05) is 17.1 Å². The molecule has 3 aromatic rings. The SMILES string of the molecule is C[C@@H](NC(=O)c1ccccc1)c1nnc(SCC(=O)Nc2ccccc2Br)n1C. The van der Waals surface area contributed by atoms with Crippen LogP contribution in [0.1, 0.15) is 29.1 Å². The molecule has 29 heavy (non-hydrogen) atoms. The highest BCUT2D eigenvalue weighted by molar-refractivity contribution is 9.10. The molecule has 0 aliphatic rings. The second-order valence-corrected chi connectivity index (χ2v) is 8.07. The molecule has 0 unspecified atom stereocenters. The predicted molar refractivity (Wildman–Crippen MR) is 117 cm³/mol. The first-order valence-corrected chi connectivity index (χ1v) is 10.7. The second-order valence-electron chi connectivity index (χ2n) is 6.28. The number of hydrogen-bond acceptors (Lipinski definition) is 5. The number of rotatable bonds is 7. The Morgan fingerprint density at radius 3 is 2.52 bits per heavy atom. The summed E-state index contributed by atoms with van der Waals surface area (Å²) in [5, 5.41) is 14.7. The van der Waals surface area contributed by atoms with E-state index in [1.54, 1.807) is 16.7 Å². The van der Waals surface area contributed by atoms with Crippen LogP contribution < -0.4 is 10.6 Å². The Kier molecular flexibility index (Phi) is 7.05. The van der Waals surface area contributed by atoms with Crippen LogP contribution in [0.25, 0.3) is 0 Å². The van der Waals surface area contributed by atoms with E-state index < -0.39 is 0 Å². The molecule has 0 spiro atoms. The zero-order chi connectivity index (χ0) is 20.8. The fourth-order valence-corrected chi connectivity index (χ4v) is 3.74. The van der Waals surface area contributed by atoms with Gasteiger partial charge in [-0.05, 0) is 47.1 Å². The smallest absolute Gasteiger partial charge is 0.251 e. The lowest BCUT2D eigenvalue weighted by Crippen LogP contribution is -2.28. The lowest BCUT2D eigenvalue weighted by atomic mass is 10.2. The molecule has 150 valence electrons. The van der Waals surface area contributed by atoms with E-state index in [2.05, 4.69) is 36.8 Å². The van der Waals surface area contributed by atoms with Crippen molar-refractivity contribution in [3.05, 3.63) is 70.5 Å². The first-order valence-electron chi connectivity index (χ1n) is 8.88. The topological polar surface area (TPSA) is 88.9 Å². The number of para-hydroxylation sites is 1. The summed E-state index contributed by atoms with van der Waals surface area (Å²) in [4.78, 5) is 24.6. The van der Waals surface area contributed by atoms with Crippen molar-refractivity contribution in [2.24, 2.45) is 7.05 Å². The third-order valence-corrected chi connectivity index (χ3v) is 5.83. The number of carbonyl (C=O) groups is 2. The Balaban J connectivity index is 1.58. The van der Waals surface area contributed by atoms with Crippen molar-refractivity contribution in [3.63, 3.8) is 0 Å². The van der Waals surface area contributed by atoms with Gasteiger partial charge >= 0.3 is 0 Å². The number of nitrogens with one attached hydrogen (secondary N) is 2. The summed E-state index contributed by atoms with van der Waals surface area (Å²) in [6.45, 7) is 1.85. The standard InChI is InChI=1S/C20H20BrN5O2S/c1-13(22-19(28)14-8-4-3-5-9-14)18-24-25-20(26(18)2)29-12-17(27)23-16-11-7-6-10-15(16)21/h3-11,13H,12H2,1-2H3,(H,22,28)(H,23,27)/t13-/m1/s1. The van der Waals surface area contributed by atoms with Crippen LogP contribution >= 0.6 is 27.7 Å². The summed E-state index contributed by atoms with van der Waals surface area (Å²) in [7, 11) is 1.81. The van der Waals surface area contributed by atoms with Crippen LogP contribution in [0.2, 0.25) is 0 Å². The van der Waals surface area contributed by atoms with Crippen molar-refractivity contribution in [2.75, 3.05) is 11.1 Å². The highest BCUT2D eigenvalue weighted by Crippen LogP contribution is 2.23. The highest BCUT2D eigenvalue weighted by atomic mass is 79.9. The third-order valence-electron chi connectivity index (χ3n) is 4.12. The molecule has 3 rings (SSSR count). The van der Waals surface area contributed by atoms with Gasteiger partial charge in [0.25, 0.3) is 5.91 Å². The molecule has 9 heteroatoms. The molecular weight excluding hydrogens is 454 g/mol. The summed E-state index contributed by atoms with van der Waals surface area (Å²) >= 11 is 4.69. The van der Waals surface area contributed by atoms with E-state index in [1.165, 1.54) is 11.8 Å². The van der Waals surface area contributed by atoms with Crippen LogP contribution in [0.4, 0.5) is 5.69 Å². The lowest BCUT2D eigenvalue weighted by Gasteiger charge is -2.13. The molecule has 0 saturated heterocycles. The number of hydrogen-bond donors (Lipinski definition) is 2. The van der Waals surface area contributed by atoms with Crippen molar-refractivity contribution < 1.29 is 9.59 Å². The van der Waals surface area contributed by atoms with Gasteiger partial charge in [-0.2, -0.15) is 0 Å². The largest absolute Gasteiger partial charge is 0.342 e. The maximum absolute atomic E-state index is 12.3. The van der Waals surface area contributed by atoms with Gasteiger partial charge in [-0.15, -0.1) is 10.2 Å². The summed E-state index contributed by atoms with van der Waals surface area (Å²) in [6, 6.07) is 16.1. The van der Waals surface area contributed by atoms with Crippen LogP contribution in [-0.2, 0) is 11.8 Å². The maximum Gasteiger partial charge on any atom is 0.251 e. The summed E-state index contributed by atoms with van der Waals surface area (Å²) in [5.41, 5.74) is 1.30. The van der Waals surface area contributed by atoms with Crippen LogP contribution in [-0.4, -0.2) is 32.3 Å². The number of nitrogens with zero attached hydrogens (tertiary/aromatic N) is 3. The van der Waals surface area contributed by atoms with Gasteiger partial charge in [-0.1, -0.05) is 42.1 Å². The van der Waals surface area contributed by atoms with E-state index in [-0.39, 0.29) is 23.6 Å². The minimum absolute atomic E-state index is 0.142. The number of carbonyl (C=O) groups excluding carboxylic acids is 2. The number of amides is 2. The molecule has 2 N–H and O–H groups in total. The molecule has 0 fully saturated rings. The van der Waals surface area contributed by atoms with Crippen molar-refractivity contribution in [1.82, 2.24) is 20.1 Å². The van der Waals surface area contributed by atoms with Crippen LogP contribution in [0, 0.1) is 0 Å². The second kappa shape index (κ2) is 9.71. The Bertz CT molecular complexity index is 1010. The van der Waals surface area contributed by atoms with Crippen molar-refractivity contribution >= 4 is 45.2 Å². The van der Waals surface area contributed by atoms with E-state index in [1.807, 2.05) is 56.4 Å². The Hall–Kier alpha value is -2.65. The van der Waals surface area contributed by atoms with Gasteiger partial charge in [0.05, 0.1) is 17.5 Å². The summed E-state index contributed by atoms with van der Waals surface area (Å²) in [5.74, 6) is 0.487. The average Bonchev–Trinajstić information content (AvgIpc) is 3.09. The van der Waals surface area contributed by atoms with Gasteiger partial charge in [0.1, 0.15) is 0 Å². The normalized spacial score (nSPS) is 11.7. The molecule has 2 aromatic carbocycles. The molecule has 1 atom stereocenters. The number of anilines is 1. The quantitative estimate of drug-likeness (QED) is 0.509. The molecule has 0 aliphatic heterocycles. The zero-order valence-corrected chi connectivity index (χ0v) is 18.3. The maximum atomic E-state index is 12.3. The number of halogens is 1. The highest BCUT2D eigenvalue weighted by Gasteiger charge is 2.19. The molecule has 1 aromatic heterocycles. The van der Waals surface area contributed by atoms with Crippen LogP contribution in [0.5, 0.6) is 0 Å². The molecule has 2 amide bonds. The van der Waals surface area contributed by atoms with E-state index >= 15 is 0 Å². The van der Waals surface area contributed by atoms with Gasteiger partial charge in [0.2, 0.25) is 5.91 Å². The Morgan fingerprint density at radius 1 is 1.10 bits per heavy atom.